The molecular formula is C42H53N4O4+. The molecule has 0 amide bonds. The number of nitrogens with zero attached hydrogens (tertiary/aromatic N) is 4. The number of rotatable bonds is 10. The molecule has 50 heavy (non-hydrogen) atoms. The van der Waals surface area contributed by atoms with E-state index in [0.29, 0.717) is 13.0 Å². The van der Waals surface area contributed by atoms with Crippen LogP contribution in [0.2, 0.25) is 0 Å². The minimum absolute atomic E-state index is 0.133. The van der Waals surface area contributed by atoms with Crippen LogP contribution in [0.1, 0.15) is 85.8 Å². The zero-order valence-electron chi connectivity index (χ0n) is 30.8. The molecule has 0 N–H and O–H groups in total. The third kappa shape index (κ3) is 5.50. The lowest BCUT2D eigenvalue weighted by Crippen LogP contribution is -2.45. The zero-order chi connectivity index (χ0) is 34.5. The molecule has 8 rings (SSSR count). The quantitative estimate of drug-likeness (QED) is 0.165. The maximum Gasteiger partial charge on any atom is 0.305 e. The van der Waals surface area contributed by atoms with Crippen molar-refractivity contribution < 1.29 is 19.0 Å². The van der Waals surface area contributed by atoms with Gasteiger partial charge in [0.1, 0.15) is 30.3 Å². The maximum atomic E-state index is 12.2. The molecule has 264 valence electrons. The number of methoxy groups -OCH3 is 1. The average Bonchev–Trinajstić information content (AvgIpc) is 3.13. The molecule has 0 fully saturated rings. The Morgan fingerprint density at radius 3 is 2.40 bits per heavy atom. The molecule has 3 aromatic rings. The third-order valence-corrected chi connectivity index (χ3v) is 11.6. The van der Waals surface area contributed by atoms with Gasteiger partial charge in [-0.2, -0.15) is 0 Å². The van der Waals surface area contributed by atoms with Gasteiger partial charge < -0.3 is 28.9 Å². The number of ether oxygens (including phenoxy) is 3. The van der Waals surface area contributed by atoms with Gasteiger partial charge in [0.2, 0.25) is 5.36 Å². The molecule has 8 nitrogen and oxygen atoms in total. The van der Waals surface area contributed by atoms with Gasteiger partial charge in [-0.25, -0.2) is 4.58 Å². The van der Waals surface area contributed by atoms with E-state index in [1.807, 2.05) is 6.92 Å². The summed E-state index contributed by atoms with van der Waals surface area (Å²) >= 11 is 0. The van der Waals surface area contributed by atoms with Crippen molar-refractivity contribution in [3.63, 3.8) is 0 Å². The van der Waals surface area contributed by atoms with Gasteiger partial charge >= 0.3 is 5.97 Å². The number of hydrogen-bond donors (Lipinski definition) is 0. The highest BCUT2D eigenvalue weighted by molar-refractivity contribution is 5.93. The van der Waals surface area contributed by atoms with Crippen molar-refractivity contribution in [2.24, 2.45) is 0 Å². The number of aryl methyl sites for hydroxylation is 2. The van der Waals surface area contributed by atoms with Crippen LogP contribution in [0.25, 0.3) is 5.57 Å². The van der Waals surface area contributed by atoms with Crippen molar-refractivity contribution >= 4 is 28.6 Å². The second-order valence-corrected chi connectivity index (χ2v) is 14.8. The van der Waals surface area contributed by atoms with E-state index in [4.69, 9.17) is 14.2 Å². The molecule has 0 aliphatic carbocycles. The normalized spacial score (nSPS) is 16.9. The minimum Gasteiger partial charge on any atom is -0.496 e. The monoisotopic (exact) mass is 677 g/mol. The van der Waals surface area contributed by atoms with E-state index in [0.717, 1.165) is 118 Å². The molecule has 0 radical (unpaired) electrons. The fraction of sp³-hybridized carbons (Fsp3) is 0.524. The number of anilines is 3. The molecule has 0 unspecified atom stereocenters. The Balaban J connectivity index is 1.38. The highest BCUT2D eigenvalue weighted by atomic mass is 16.5. The second kappa shape index (κ2) is 13.5. The molecule has 5 heterocycles. The van der Waals surface area contributed by atoms with Crippen molar-refractivity contribution in [2.75, 3.05) is 81.8 Å². The molecule has 0 aromatic heterocycles. The minimum atomic E-state index is -0.133. The standard InChI is InChI=1S/C42H53N4O4/c1-6-44(18-12-17-37(47)49-7-2)35-26-36(48-5)31(25-34(35)43(3)4)38-32-23-27-13-8-19-45-21-10-15-29(39(27)45)41(32)50-42-30-16-11-22-46-20-9-14-28(40(30)46)24-33(38)42/h23-26H,6-22H2,1-5H3/q+1. The largest absolute Gasteiger partial charge is 0.496 e. The SMILES string of the molecule is CCOC(=O)CCCN(CC)c1cc(OC)c(C2=c3cc4c5c(c3Oc3c2cc2c6c3CCCN6CCC2)CCC[N+]=5CCC4)cc1N(C)C. The summed E-state index contributed by atoms with van der Waals surface area (Å²) in [5.74, 6) is 2.86. The Kier molecular flexibility index (Phi) is 8.90. The number of hydrogen-bond acceptors (Lipinski definition) is 7. The summed E-state index contributed by atoms with van der Waals surface area (Å²) in [6.45, 7) is 10.6. The van der Waals surface area contributed by atoms with Gasteiger partial charge in [-0.05, 0) is 82.6 Å². The summed E-state index contributed by atoms with van der Waals surface area (Å²) in [4.78, 5) is 19.4. The van der Waals surface area contributed by atoms with Crippen molar-refractivity contribution in [3.05, 3.63) is 68.2 Å². The van der Waals surface area contributed by atoms with Gasteiger partial charge in [0.15, 0.2) is 0 Å². The molecule has 0 saturated heterocycles. The summed E-state index contributed by atoms with van der Waals surface area (Å²) < 4.78 is 21.5. The van der Waals surface area contributed by atoms with Crippen LogP contribution in [-0.2, 0) is 35.2 Å². The van der Waals surface area contributed by atoms with Crippen molar-refractivity contribution in [1.82, 2.24) is 4.58 Å². The molecule has 0 spiro atoms. The fourth-order valence-electron chi connectivity index (χ4n) is 9.43. The summed E-state index contributed by atoms with van der Waals surface area (Å²) in [5, 5.41) is 2.65. The number of carbonyl (C=O) groups is 1. The number of fused-ring (bicyclic) bond motifs is 4. The molecule has 5 aliphatic heterocycles. The lowest BCUT2D eigenvalue weighted by molar-refractivity contribution is -0.143. The Morgan fingerprint density at radius 1 is 0.880 bits per heavy atom. The summed E-state index contributed by atoms with van der Waals surface area (Å²) in [6.07, 6.45) is 10.1. The van der Waals surface area contributed by atoms with E-state index in [2.05, 4.69) is 64.6 Å². The predicted octanol–water partition coefficient (Wildman–Crippen LogP) is 5.37. The van der Waals surface area contributed by atoms with Gasteiger partial charge in [-0.1, -0.05) is 0 Å². The van der Waals surface area contributed by atoms with E-state index in [1.165, 1.54) is 62.5 Å². The first-order valence-electron chi connectivity index (χ1n) is 19.1. The van der Waals surface area contributed by atoms with Crippen LogP contribution in [0.5, 0.6) is 17.2 Å². The first kappa shape index (κ1) is 33.0. The third-order valence-electron chi connectivity index (χ3n) is 11.6. The maximum absolute atomic E-state index is 12.2. The highest BCUT2D eigenvalue weighted by Crippen LogP contribution is 2.50. The van der Waals surface area contributed by atoms with E-state index in [9.17, 15) is 4.79 Å². The number of benzene rings is 3. The second-order valence-electron chi connectivity index (χ2n) is 14.8. The van der Waals surface area contributed by atoms with E-state index in [-0.39, 0.29) is 5.97 Å². The average molecular weight is 678 g/mol. The van der Waals surface area contributed by atoms with E-state index in [1.54, 1.807) is 7.11 Å². The smallest absolute Gasteiger partial charge is 0.305 e. The Morgan fingerprint density at radius 2 is 1.64 bits per heavy atom. The van der Waals surface area contributed by atoms with Crippen LogP contribution >= 0.6 is 0 Å². The molecule has 0 bridgehead atoms. The summed E-state index contributed by atoms with van der Waals surface area (Å²) in [7, 11) is 6.06. The van der Waals surface area contributed by atoms with Gasteiger partial charge in [-0.15, -0.1) is 0 Å². The van der Waals surface area contributed by atoms with Crippen LogP contribution in [-0.4, -0.2) is 73.0 Å². The molecule has 0 atom stereocenters. The van der Waals surface area contributed by atoms with E-state index < -0.39 is 0 Å². The topological polar surface area (TPSA) is 57.5 Å². The van der Waals surface area contributed by atoms with Gasteiger partial charge in [-0.3, -0.25) is 4.79 Å². The lowest BCUT2D eigenvalue weighted by atomic mass is 9.82. The van der Waals surface area contributed by atoms with E-state index >= 15 is 0 Å². The predicted molar refractivity (Wildman–Crippen MR) is 201 cm³/mol. The van der Waals surface area contributed by atoms with Crippen molar-refractivity contribution in [1.29, 1.82) is 0 Å². The molecule has 0 saturated carbocycles. The number of esters is 1. The number of carbonyl (C=O) groups excluding carboxylic acids is 1. The summed E-state index contributed by atoms with van der Waals surface area (Å²) in [6, 6.07) is 9.52. The van der Waals surface area contributed by atoms with Crippen molar-refractivity contribution in [3.8, 4) is 17.2 Å². The van der Waals surface area contributed by atoms with Gasteiger partial charge in [0, 0.05) is 104 Å². The van der Waals surface area contributed by atoms with Crippen LogP contribution in [0.15, 0.2) is 24.3 Å². The lowest BCUT2D eigenvalue weighted by Gasteiger charge is -2.39. The first-order valence-corrected chi connectivity index (χ1v) is 19.1. The first-order chi connectivity index (χ1) is 24.4. The molecule has 8 heteroatoms. The Labute approximate surface area is 296 Å². The molecule has 3 aromatic carbocycles. The fourth-order valence-corrected chi connectivity index (χ4v) is 9.43. The van der Waals surface area contributed by atoms with Crippen LogP contribution in [0.4, 0.5) is 17.1 Å². The Bertz CT molecular complexity index is 1980. The zero-order valence-corrected chi connectivity index (χ0v) is 30.8. The van der Waals surface area contributed by atoms with Crippen LogP contribution in [0, 0.1) is 0 Å². The highest BCUT2D eigenvalue weighted by Gasteiger charge is 2.36. The van der Waals surface area contributed by atoms with Gasteiger partial charge in [0.25, 0.3) is 0 Å². The summed E-state index contributed by atoms with van der Waals surface area (Å²) in [5.41, 5.74) is 13.0. The van der Waals surface area contributed by atoms with Gasteiger partial charge in [0.05, 0.1) is 30.7 Å². The van der Waals surface area contributed by atoms with Crippen LogP contribution in [0.3, 0.4) is 0 Å². The van der Waals surface area contributed by atoms with Crippen LogP contribution < -0.4 is 39.3 Å². The molecule has 5 aliphatic rings. The van der Waals surface area contributed by atoms with Crippen molar-refractivity contribution in [2.45, 2.75) is 78.1 Å². The molecular weight excluding hydrogens is 624 g/mol. The Hall–Kier alpha value is -4.20.